The highest BCUT2D eigenvalue weighted by atomic mass is 32.1. The largest absolute Gasteiger partial charge is 0.454 e. The second-order valence-corrected chi connectivity index (χ2v) is 7.14. The fraction of sp³-hybridized carbons (Fsp3) is 0.278. The van der Waals surface area contributed by atoms with E-state index >= 15 is 0 Å². The van der Waals surface area contributed by atoms with E-state index in [2.05, 4.69) is 15.5 Å². The minimum absolute atomic E-state index is 0.0870. The van der Waals surface area contributed by atoms with Crippen LogP contribution >= 0.6 is 11.3 Å². The highest BCUT2D eigenvalue weighted by molar-refractivity contribution is 7.12. The molecule has 0 aliphatic carbocycles. The molecule has 3 heterocycles. The van der Waals surface area contributed by atoms with E-state index in [9.17, 15) is 4.79 Å². The molecule has 1 aliphatic rings. The van der Waals surface area contributed by atoms with Crippen molar-refractivity contribution in [2.75, 3.05) is 6.79 Å². The normalized spacial score (nSPS) is 13.8. The molecule has 8 heteroatoms. The number of nitrogens with one attached hydrogen (secondary N) is 1. The summed E-state index contributed by atoms with van der Waals surface area (Å²) < 4.78 is 16.1. The molecule has 3 aromatic rings. The smallest absolute Gasteiger partial charge is 0.262 e. The second kappa shape index (κ2) is 6.80. The molecule has 4 rings (SSSR count). The number of benzene rings is 1. The van der Waals surface area contributed by atoms with Crippen LogP contribution in [-0.2, 0) is 0 Å². The first-order chi connectivity index (χ1) is 12.6. The van der Waals surface area contributed by atoms with E-state index in [0.29, 0.717) is 28.1 Å². The van der Waals surface area contributed by atoms with E-state index in [1.807, 2.05) is 43.5 Å². The first kappa shape index (κ1) is 16.6. The Morgan fingerprint density at radius 3 is 2.85 bits per heavy atom. The van der Waals surface area contributed by atoms with Gasteiger partial charge in [0.2, 0.25) is 18.5 Å². The van der Waals surface area contributed by atoms with Crippen molar-refractivity contribution >= 4 is 17.2 Å². The Morgan fingerprint density at radius 1 is 1.23 bits per heavy atom. The summed E-state index contributed by atoms with van der Waals surface area (Å²) in [6, 6.07) is 8.71. The maximum absolute atomic E-state index is 12.4. The molecule has 0 saturated heterocycles. The van der Waals surface area contributed by atoms with Crippen molar-refractivity contribution in [1.29, 1.82) is 0 Å². The van der Waals surface area contributed by atoms with Crippen LogP contribution in [0.4, 0.5) is 0 Å². The Kier molecular flexibility index (Phi) is 4.34. The first-order valence-electron chi connectivity index (χ1n) is 8.20. The van der Waals surface area contributed by atoms with Crippen molar-refractivity contribution in [2.45, 2.75) is 19.9 Å². The minimum Gasteiger partial charge on any atom is -0.454 e. The van der Waals surface area contributed by atoms with Gasteiger partial charge in [-0.15, -0.1) is 11.3 Å². The molecule has 0 fully saturated rings. The summed E-state index contributed by atoms with van der Waals surface area (Å²) >= 11 is 1.39. The number of hydrogen-bond acceptors (Lipinski definition) is 7. The highest BCUT2D eigenvalue weighted by Gasteiger charge is 2.26. The molecule has 1 aromatic carbocycles. The number of ether oxygens (including phenoxy) is 2. The van der Waals surface area contributed by atoms with Crippen molar-refractivity contribution in [3.8, 4) is 22.9 Å². The third-order valence-electron chi connectivity index (χ3n) is 4.04. The Morgan fingerprint density at radius 2 is 2.08 bits per heavy atom. The molecule has 1 aliphatic heterocycles. The van der Waals surface area contributed by atoms with E-state index in [-0.39, 0.29) is 24.7 Å². The number of fused-ring (bicyclic) bond motifs is 1. The average molecular weight is 371 g/mol. The van der Waals surface area contributed by atoms with Gasteiger partial charge in [-0.1, -0.05) is 25.1 Å². The molecule has 26 heavy (non-hydrogen) atoms. The Balaban J connectivity index is 1.57. The molecule has 1 N–H and O–H groups in total. The van der Waals surface area contributed by atoms with Crippen molar-refractivity contribution in [1.82, 2.24) is 15.5 Å². The molecule has 0 radical (unpaired) electrons. The zero-order valence-electron chi connectivity index (χ0n) is 14.3. The van der Waals surface area contributed by atoms with Gasteiger partial charge in [0.25, 0.3) is 5.91 Å². The van der Waals surface area contributed by atoms with Crippen LogP contribution in [0.3, 0.4) is 0 Å². The maximum atomic E-state index is 12.4. The van der Waals surface area contributed by atoms with Crippen molar-refractivity contribution in [2.24, 2.45) is 5.92 Å². The van der Waals surface area contributed by atoms with Crippen LogP contribution in [-0.4, -0.2) is 22.8 Å². The van der Waals surface area contributed by atoms with Gasteiger partial charge in [-0.2, -0.15) is 4.98 Å². The Labute approximate surface area is 153 Å². The molecule has 0 spiro atoms. The summed E-state index contributed by atoms with van der Waals surface area (Å²) in [5, 5.41) is 8.89. The van der Waals surface area contributed by atoms with Crippen LogP contribution in [0, 0.1) is 5.92 Å². The predicted molar refractivity (Wildman–Crippen MR) is 95.2 cm³/mol. The van der Waals surface area contributed by atoms with Crippen molar-refractivity contribution in [3.05, 3.63) is 46.5 Å². The van der Waals surface area contributed by atoms with Crippen LogP contribution in [0.5, 0.6) is 11.5 Å². The molecule has 2 aromatic heterocycles. The Hall–Kier alpha value is -2.87. The van der Waals surface area contributed by atoms with E-state index in [1.54, 1.807) is 6.07 Å². The van der Waals surface area contributed by atoms with Crippen LogP contribution in [0.1, 0.15) is 35.5 Å². The predicted octanol–water partition coefficient (Wildman–Crippen LogP) is 3.65. The summed E-state index contributed by atoms with van der Waals surface area (Å²) in [4.78, 5) is 17.5. The van der Waals surface area contributed by atoms with E-state index in [4.69, 9.17) is 14.0 Å². The summed E-state index contributed by atoms with van der Waals surface area (Å²) in [5.41, 5.74) is 0.760. The molecule has 134 valence electrons. The highest BCUT2D eigenvalue weighted by Crippen LogP contribution is 2.35. The zero-order valence-corrected chi connectivity index (χ0v) is 15.1. The number of carbonyl (C=O) groups excluding carboxylic acids is 1. The van der Waals surface area contributed by atoms with E-state index < -0.39 is 0 Å². The number of nitrogens with zero attached hydrogens (tertiary/aromatic N) is 2. The van der Waals surface area contributed by atoms with Gasteiger partial charge < -0.3 is 19.3 Å². The Bertz CT molecular complexity index is 920. The van der Waals surface area contributed by atoms with Gasteiger partial charge in [0, 0.05) is 5.56 Å². The number of thiophene rings is 1. The second-order valence-electron chi connectivity index (χ2n) is 6.20. The SMILES string of the molecule is CC(C)[C@H](NC(=O)c1cccs1)c1nc(-c2ccc3c(c2)OCO3)no1. The zero-order chi connectivity index (χ0) is 18.1. The van der Waals surface area contributed by atoms with E-state index in [0.717, 1.165) is 5.56 Å². The van der Waals surface area contributed by atoms with Crippen molar-refractivity contribution < 1.29 is 18.8 Å². The fourth-order valence-electron chi connectivity index (χ4n) is 2.65. The lowest BCUT2D eigenvalue weighted by Gasteiger charge is -2.17. The van der Waals surface area contributed by atoms with Crippen LogP contribution < -0.4 is 14.8 Å². The van der Waals surface area contributed by atoms with Gasteiger partial charge in [0.05, 0.1) is 4.88 Å². The van der Waals surface area contributed by atoms with Crippen LogP contribution in [0.2, 0.25) is 0 Å². The van der Waals surface area contributed by atoms with Gasteiger partial charge in [-0.25, -0.2) is 0 Å². The molecule has 7 nitrogen and oxygen atoms in total. The van der Waals surface area contributed by atoms with Gasteiger partial charge >= 0.3 is 0 Å². The molecule has 0 unspecified atom stereocenters. The number of hydrogen-bond donors (Lipinski definition) is 1. The maximum Gasteiger partial charge on any atom is 0.262 e. The number of rotatable bonds is 5. The monoisotopic (exact) mass is 371 g/mol. The first-order valence-corrected chi connectivity index (χ1v) is 9.08. The minimum atomic E-state index is -0.375. The van der Waals surface area contributed by atoms with Crippen LogP contribution in [0.25, 0.3) is 11.4 Å². The fourth-order valence-corrected chi connectivity index (χ4v) is 3.27. The standard InChI is InChI=1S/C18H17N3O4S/c1-10(2)15(19-17(22)14-4-3-7-26-14)18-20-16(21-25-18)11-5-6-12-13(8-11)24-9-23-12/h3-8,10,15H,9H2,1-2H3,(H,19,22)/t15-/m0/s1. The number of aromatic nitrogens is 2. The van der Waals surface area contributed by atoms with Crippen LogP contribution in [0.15, 0.2) is 40.2 Å². The molecular formula is C18H17N3O4S. The van der Waals surface area contributed by atoms with Gasteiger partial charge in [-0.3, -0.25) is 4.79 Å². The molecule has 1 amide bonds. The van der Waals surface area contributed by atoms with Gasteiger partial charge in [0.1, 0.15) is 6.04 Å². The molecule has 0 saturated carbocycles. The molecule has 0 bridgehead atoms. The third-order valence-corrected chi connectivity index (χ3v) is 4.91. The summed E-state index contributed by atoms with van der Waals surface area (Å²) in [6.45, 7) is 4.19. The topological polar surface area (TPSA) is 86.5 Å². The number of amides is 1. The van der Waals surface area contributed by atoms with Gasteiger partial charge in [0.15, 0.2) is 11.5 Å². The third kappa shape index (κ3) is 3.15. The lowest BCUT2D eigenvalue weighted by molar-refractivity contribution is 0.0918. The van der Waals surface area contributed by atoms with Gasteiger partial charge in [-0.05, 0) is 35.6 Å². The molecular weight excluding hydrogens is 354 g/mol. The number of carbonyl (C=O) groups is 1. The summed E-state index contributed by atoms with van der Waals surface area (Å²) in [6.07, 6.45) is 0. The quantitative estimate of drug-likeness (QED) is 0.737. The molecule has 1 atom stereocenters. The lowest BCUT2D eigenvalue weighted by Crippen LogP contribution is -2.31. The summed E-state index contributed by atoms with van der Waals surface area (Å²) in [7, 11) is 0. The van der Waals surface area contributed by atoms with Crippen molar-refractivity contribution in [3.63, 3.8) is 0 Å². The lowest BCUT2D eigenvalue weighted by atomic mass is 10.0. The average Bonchev–Trinajstić information content (AvgIpc) is 3.39. The summed E-state index contributed by atoms with van der Waals surface area (Å²) in [5.74, 6) is 2.10. The van der Waals surface area contributed by atoms with E-state index in [1.165, 1.54) is 11.3 Å².